The summed E-state index contributed by atoms with van der Waals surface area (Å²) in [7, 11) is 0. The molecular formula is C17H25ClFNO. The van der Waals surface area contributed by atoms with Gasteiger partial charge in [0.2, 0.25) is 0 Å². The molecule has 1 aliphatic carbocycles. The zero-order valence-corrected chi connectivity index (χ0v) is 13.4. The van der Waals surface area contributed by atoms with Gasteiger partial charge in [-0.05, 0) is 55.9 Å². The fourth-order valence-electron chi connectivity index (χ4n) is 3.33. The molecule has 0 heterocycles. The first kappa shape index (κ1) is 16.7. The summed E-state index contributed by atoms with van der Waals surface area (Å²) in [6.45, 7) is 2.66. The molecule has 0 aliphatic heterocycles. The lowest BCUT2D eigenvalue weighted by Crippen LogP contribution is -2.44. The Morgan fingerprint density at radius 1 is 1.33 bits per heavy atom. The Hall–Kier alpha value is -0.640. The van der Waals surface area contributed by atoms with Crippen molar-refractivity contribution in [3.05, 3.63) is 34.6 Å². The van der Waals surface area contributed by atoms with Crippen LogP contribution in [-0.4, -0.2) is 18.8 Å². The lowest BCUT2D eigenvalue weighted by Gasteiger charge is -2.34. The molecule has 1 aliphatic rings. The second-order valence-corrected chi connectivity index (χ2v) is 6.33. The van der Waals surface area contributed by atoms with Crippen molar-refractivity contribution in [1.29, 1.82) is 0 Å². The van der Waals surface area contributed by atoms with Gasteiger partial charge in [-0.25, -0.2) is 4.39 Å². The highest BCUT2D eigenvalue weighted by Gasteiger charge is 2.29. The van der Waals surface area contributed by atoms with E-state index in [9.17, 15) is 4.39 Å². The molecule has 0 amide bonds. The maximum Gasteiger partial charge on any atom is 0.123 e. The summed E-state index contributed by atoms with van der Waals surface area (Å²) in [6.07, 6.45) is 6.75. The molecule has 0 bridgehead atoms. The first-order valence-electron chi connectivity index (χ1n) is 7.93. The normalized spacial score (nSPS) is 19.4. The standard InChI is InChI=1S/C17H25ClFNO/c1-2-21-17(12-6-4-3-5-7-12)16(20)11-13-10-14(19)8-9-15(13)18/h8-10,12,16-17H,2-7,11,20H2,1H3. The Morgan fingerprint density at radius 2 is 2.05 bits per heavy atom. The molecule has 1 aromatic rings. The molecule has 1 saturated carbocycles. The van der Waals surface area contributed by atoms with Crippen molar-refractivity contribution in [2.24, 2.45) is 11.7 Å². The number of hydrogen-bond acceptors (Lipinski definition) is 2. The fraction of sp³-hybridized carbons (Fsp3) is 0.647. The molecule has 0 radical (unpaired) electrons. The highest BCUT2D eigenvalue weighted by atomic mass is 35.5. The van der Waals surface area contributed by atoms with Crippen LogP contribution >= 0.6 is 11.6 Å². The molecule has 0 saturated heterocycles. The van der Waals surface area contributed by atoms with Gasteiger partial charge in [0.05, 0.1) is 6.10 Å². The van der Waals surface area contributed by atoms with Crippen molar-refractivity contribution in [1.82, 2.24) is 0 Å². The summed E-state index contributed by atoms with van der Waals surface area (Å²) >= 11 is 6.14. The van der Waals surface area contributed by atoms with Crippen LogP contribution in [0.4, 0.5) is 4.39 Å². The van der Waals surface area contributed by atoms with Crippen LogP contribution in [0.3, 0.4) is 0 Å². The summed E-state index contributed by atoms with van der Waals surface area (Å²) < 4.78 is 19.3. The third kappa shape index (κ3) is 4.67. The second-order valence-electron chi connectivity index (χ2n) is 5.92. The maximum absolute atomic E-state index is 13.4. The van der Waals surface area contributed by atoms with Gasteiger partial charge in [0, 0.05) is 17.7 Å². The summed E-state index contributed by atoms with van der Waals surface area (Å²) in [5, 5.41) is 0.575. The Kier molecular flexibility index (Phi) is 6.46. The summed E-state index contributed by atoms with van der Waals surface area (Å²) in [6, 6.07) is 4.30. The maximum atomic E-state index is 13.4. The van der Waals surface area contributed by atoms with Gasteiger partial charge < -0.3 is 10.5 Å². The Labute approximate surface area is 131 Å². The number of benzene rings is 1. The number of hydrogen-bond donors (Lipinski definition) is 1. The third-order valence-electron chi connectivity index (χ3n) is 4.36. The lowest BCUT2D eigenvalue weighted by atomic mass is 9.81. The van der Waals surface area contributed by atoms with Crippen LogP contribution in [0.1, 0.15) is 44.6 Å². The van der Waals surface area contributed by atoms with Gasteiger partial charge in [-0.15, -0.1) is 0 Å². The zero-order chi connectivity index (χ0) is 15.2. The van der Waals surface area contributed by atoms with Crippen LogP contribution in [-0.2, 0) is 11.2 Å². The molecule has 21 heavy (non-hydrogen) atoms. The molecule has 2 unspecified atom stereocenters. The van der Waals surface area contributed by atoms with Crippen molar-refractivity contribution in [3.63, 3.8) is 0 Å². The largest absolute Gasteiger partial charge is 0.377 e. The van der Waals surface area contributed by atoms with Crippen LogP contribution in [0.5, 0.6) is 0 Å². The first-order valence-corrected chi connectivity index (χ1v) is 8.30. The minimum Gasteiger partial charge on any atom is -0.377 e. The van der Waals surface area contributed by atoms with Crippen LogP contribution in [0.2, 0.25) is 5.02 Å². The fourth-order valence-corrected chi connectivity index (χ4v) is 3.53. The predicted molar refractivity (Wildman–Crippen MR) is 85.1 cm³/mol. The molecule has 0 spiro atoms. The minimum absolute atomic E-state index is 0.0367. The molecule has 2 atom stereocenters. The van der Waals surface area contributed by atoms with Crippen molar-refractivity contribution < 1.29 is 9.13 Å². The van der Waals surface area contributed by atoms with Crippen LogP contribution < -0.4 is 5.73 Å². The highest BCUT2D eigenvalue weighted by Crippen LogP contribution is 2.30. The Bertz CT molecular complexity index is 448. The van der Waals surface area contributed by atoms with Gasteiger partial charge in [0.1, 0.15) is 5.82 Å². The quantitative estimate of drug-likeness (QED) is 0.848. The SMILES string of the molecule is CCOC(C(N)Cc1cc(F)ccc1Cl)C1CCCCC1. The Morgan fingerprint density at radius 3 is 2.71 bits per heavy atom. The molecular weight excluding hydrogens is 289 g/mol. The van der Waals surface area contributed by atoms with Gasteiger partial charge in [-0.1, -0.05) is 30.9 Å². The molecule has 4 heteroatoms. The molecule has 2 nitrogen and oxygen atoms in total. The average molecular weight is 314 g/mol. The van der Waals surface area contributed by atoms with Crippen LogP contribution in [0, 0.1) is 11.7 Å². The van der Waals surface area contributed by atoms with Gasteiger partial charge in [0.15, 0.2) is 0 Å². The van der Waals surface area contributed by atoms with E-state index in [1.165, 1.54) is 44.2 Å². The molecule has 1 fully saturated rings. The van der Waals surface area contributed by atoms with Crippen molar-refractivity contribution in [3.8, 4) is 0 Å². The van der Waals surface area contributed by atoms with Gasteiger partial charge in [-0.3, -0.25) is 0 Å². The van der Waals surface area contributed by atoms with Crippen LogP contribution in [0.25, 0.3) is 0 Å². The first-order chi connectivity index (χ1) is 10.1. The van der Waals surface area contributed by atoms with E-state index in [1.54, 1.807) is 6.07 Å². The number of nitrogens with two attached hydrogens (primary N) is 1. The summed E-state index contributed by atoms with van der Waals surface area (Å²) in [5.41, 5.74) is 7.15. The molecule has 0 aromatic heterocycles. The molecule has 1 aromatic carbocycles. The van der Waals surface area contributed by atoms with Crippen LogP contribution in [0.15, 0.2) is 18.2 Å². The van der Waals surface area contributed by atoms with E-state index in [4.69, 9.17) is 22.1 Å². The van der Waals surface area contributed by atoms with Crippen molar-refractivity contribution in [2.75, 3.05) is 6.61 Å². The van der Waals surface area contributed by atoms with E-state index in [-0.39, 0.29) is 18.0 Å². The van der Waals surface area contributed by atoms with E-state index >= 15 is 0 Å². The van der Waals surface area contributed by atoms with Gasteiger partial charge >= 0.3 is 0 Å². The molecule has 2 rings (SSSR count). The topological polar surface area (TPSA) is 35.2 Å². The van der Waals surface area contributed by atoms with E-state index in [0.717, 1.165) is 5.56 Å². The van der Waals surface area contributed by atoms with E-state index < -0.39 is 0 Å². The third-order valence-corrected chi connectivity index (χ3v) is 4.73. The molecule has 118 valence electrons. The number of rotatable bonds is 6. The summed E-state index contributed by atoms with van der Waals surface area (Å²) in [5.74, 6) is 0.244. The van der Waals surface area contributed by atoms with Crippen molar-refractivity contribution >= 4 is 11.6 Å². The average Bonchev–Trinajstić information content (AvgIpc) is 2.49. The number of halogens is 2. The van der Waals surface area contributed by atoms with E-state index in [1.807, 2.05) is 6.92 Å². The van der Waals surface area contributed by atoms with Crippen molar-refractivity contribution in [2.45, 2.75) is 57.6 Å². The van der Waals surface area contributed by atoms with Gasteiger partial charge in [-0.2, -0.15) is 0 Å². The minimum atomic E-state index is -0.271. The monoisotopic (exact) mass is 313 g/mol. The summed E-state index contributed by atoms with van der Waals surface area (Å²) in [4.78, 5) is 0. The van der Waals surface area contributed by atoms with E-state index in [2.05, 4.69) is 0 Å². The number of ether oxygens (including phenoxy) is 1. The smallest absolute Gasteiger partial charge is 0.123 e. The lowest BCUT2D eigenvalue weighted by molar-refractivity contribution is -0.00913. The highest BCUT2D eigenvalue weighted by molar-refractivity contribution is 6.31. The Balaban J connectivity index is 2.06. The second kappa shape index (κ2) is 8.11. The molecule has 2 N–H and O–H groups in total. The zero-order valence-electron chi connectivity index (χ0n) is 12.7. The van der Waals surface area contributed by atoms with Gasteiger partial charge in [0.25, 0.3) is 0 Å². The van der Waals surface area contributed by atoms with E-state index in [0.29, 0.717) is 24.0 Å². The predicted octanol–water partition coefficient (Wildman–Crippen LogP) is 4.33.